The fourth-order valence-corrected chi connectivity index (χ4v) is 2.25. The van der Waals surface area contributed by atoms with Gasteiger partial charge < -0.3 is 24.8 Å². The third-order valence-corrected chi connectivity index (χ3v) is 3.42. The lowest BCUT2D eigenvalue weighted by Crippen LogP contribution is -2.27. The SMILES string of the molecule is COCCNC(=O)c1ccc(Nc2ccc3c(c2)OCCO3)cn1. The highest BCUT2D eigenvalue weighted by molar-refractivity contribution is 5.92. The Kier molecular flexibility index (Phi) is 5.12. The molecule has 126 valence electrons. The summed E-state index contributed by atoms with van der Waals surface area (Å²) in [7, 11) is 1.59. The number of fused-ring (bicyclic) bond motifs is 1. The zero-order valence-electron chi connectivity index (χ0n) is 13.4. The molecule has 7 nitrogen and oxygen atoms in total. The molecule has 2 N–H and O–H groups in total. The molecule has 24 heavy (non-hydrogen) atoms. The number of aromatic nitrogens is 1. The van der Waals surface area contributed by atoms with Crippen LogP contribution in [-0.4, -0.2) is 44.4 Å². The molecule has 2 heterocycles. The van der Waals surface area contributed by atoms with Crippen LogP contribution in [0.3, 0.4) is 0 Å². The Balaban J connectivity index is 1.63. The molecular weight excluding hydrogens is 310 g/mol. The maximum absolute atomic E-state index is 11.9. The Bertz CT molecular complexity index is 703. The van der Waals surface area contributed by atoms with Crippen molar-refractivity contribution >= 4 is 17.3 Å². The van der Waals surface area contributed by atoms with Crippen molar-refractivity contribution in [1.82, 2.24) is 10.3 Å². The van der Waals surface area contributed by atoms with Crippen LogP contribution in [0.25, 0.3) is 0 Å². The molecule has 0 spiro atoms. The number of anilines is 2. The highest BCUT2D eigenvalue weighted by atomic mass is 16.6. The second kappa shape index (κ2) is 7.65. The van der Waals surface area contributed by atoms with E-state index in [0.717, 1.165) is 17.1 Å². The van der Waals surface area contributed by atoms with E-state index in [-0.39, 0.29) is 5.91 Å². The number of carbonyl (C=O) groups excluding carboxylic acids is 1. The molecule has 0 bridgehead atoms. The van der Waals surface area contributed by atoms with Crippen LogP contribution in [0.5, 0.6) is 11.5 Å². The summed E-state index contributed by atoms with van der Waals surface area (Å²) in [5.41, 5.74) is 2.00. The first-order chi connectivity index (χ1) is 11.8. The molecule has 0 saturated heterocycles. The Morgan fingerprint density at radius 3 is 2.71 bits per heavy atom. The third kappa shape index (κ3) is 3.94. The van der Waals surface area contributed by atoms with Crippen LogP contribution >= 0.6 is 0 Å². The lowest BCUT2D eigenvalue weighted by molar-refractivity contribution is 0.0932. The average molecular weight is 329 g/mol. The van der Waals surface area contributed by atoms with Gasteiger partial charge in [-0.25, -0.2) is 4.98 Å². The van der Waals surface area contributed by atoms with Crippen molar-refractivity contribution in [3.63, 3.8) is 0 Å². The number of ether oxygens (including phenoxy) is 3. The quantitative estimate of drug-likeness (QED) is 0.789. The molecule has 0 atom stereocenters. The van der Waals surface area contributed by atoms with Gasteiger partial charge in [-0.05, 0) is 24.3 Å². The minimum absolute atomic E-state index is 0.224. The Morgan fingerprint density at radius 1 is 1.17 bits per heavy atom. The fraction of sp³-hybridized carbons (Fsp3) is 0.294. The minimum Gasteiger partial charge on any atom is -0.486 e. The van der Waals surface area contributed by atoms with E-state index in [4.69, 9.17) is 14.2 Å². The highest BCUT2D eigenvalue weighted by Crippen LogP contribution is 2.33. The fourth-order valence-electron chi connectivity index (χ4n) is 2.25. The molecule has 0 saturated carbocycles. The first-order valence-electron chi connectivity index (χ1n) is 7.66. The van der Waals surface area contributed by atoms with E-state index in [9.17, 15) is 4.79 Å². The van der Waals surface area contributed by atoms with E-state index >= 15 is 0 Å². The number of amides is 1. The molecule has 1 aliphatic rings. The van der Waals surface area contributed by atoms with Crippen molar-refractivity contribution in [1.29, 1.82) is 0 Å². The second-order valence-electron chi connectivity index (χ2n) is 5.16. The molecule has 0 fully saturated rings. The predicted octanol–water partition coefficient (Wildman–Crippen LogP) is 1.97. The predicted molar refractivity (Wildman–Crippen MR) is 89.2 cm³/mol. The summed E-state index contributed by atoms with van der Waals surface area (Å²) in [6.45, 7) is 2.03. The Labute approximate surface area is 139 Å². The van der Waals surface area contributed by atoms with Gasteiger partial charge in [-0.15, -0.1) is 0 Å². The van der Waals surface area contributed by atoms with Crippen molar-refractivity contribution < 1.29 is 19.0 Å². The topological polar surface area (TPSA) is 81.7 Å². The van der Waals surface area contributed by atoms with Gasteiger partial charge in [0, 0.05) is 25.4 Å². The van der Waals surface area contributed by atoms with Gasteiger partial charge in [-0.3, -0.25) is 4.79 Å². The molecule has 1 aliphatic heterocycles. The highest BCUT2D eigenvalue weighted by Gasteiger charge is 2.12. The van der Waals surface area contributed by atoms with Crippen molar-refractivity contribution in [3.8, 4) is 11.5 Å². The van der Waals surface area contributed by atoms with E-state index in [1.54, 1.807) is 25.4 Å². The summed E-state index contributed by atoms with van der Waals surface area (Å²) in [5, 5.41) is 5.95. The van der Waals surface area contributed by atoms with Gasteiger partial charge in [0.15, 0.2) is 11.5 Å². The van der Waals surface area contributed by atoms with Gasteiger partial charge in [-0.2, -0.15) is 0 Å². The van der Waals surface area contributed by atoms with Crippen LogP contribution in [0, 0.1) is 0 Å². The van der Waals surface area contributed by atoms with Gasteiger partial charge in [0.05, 0.1) is 18.5 Å². The van der Waals surface area contributed by atoms with Gasteiger partial charge in [0.25, 0.3) is 5.91 Å². The normalized spacial score (nSPS) is 12.5. The van der Waals surface area contributed by atoms with Crippen LogP contribution in [-0.2, 0) is 4.74 Å². The lowest BCUT2D eigenvalue weighted by Gasteiger charge is -2.19. The van der Waals surface area contributed by atoms with Crippen LogP contribution in [0.15, 0.2) is 36.5 Å². The molecular formula is C17H19N3O4. The maximum Gasteiger partial charge on any atom is 0.269 e. The smallest absolute Gasteiger partial charge is 0.269 e. The number of benzene rings is 1. The molecule has 2 aromatic rings. The Morgan fingerprint density at radius 2 is 1.96 bits per heavy atom. The molecule has 0 aliphatic carbocycles. The first kappa shape index (κ1) is 16.1. The minimum atomic E-state index is -0.224. The third-order valence-electron chi connectivity index (χ3n) is 3.42. The molecule has 1 aromatic heterocycles. The summed E-state index contributed by atoms with van der Waals surface area (Å²) >= 11 is 0. The van der Waals surface area contributed by atoms with Crippen LogP contribution in [0.1, 0.15) is 10.5 Å². The van der Waals surface area contributed by atoms with E-state index < -0.39 is 0 Å². The number of nitrogens with zero attached hydrogens (tertiary/aromatic N) is 1. The van der Waals surface area contributed by atoms with E-state index in [0.29, 0.717) is 37.8 Å². The van der Waals surface area contributed by atoms with Crippen LogP contribution in [0.2, 0.25) is 0 Å². The zero-order chi connectivity index (χ0) is 16.8. The van der Waals surface area contributed by atoms with E-state index in [1.807, 2.05) is 18.2 Å². The number of hydrogen-bond donors (Lipinski definition) is 2. The summed E-state index contributed by atoms with van der Waals surface area (Å²) in [6, 6.07) is 9.11. The second-order valence-corrected chi connectivity index (χ2v) is 5.16. The summed E-state index contributed by atoms with van der Waals surface area (Å²) in [5.74, 6) is 1.24. The average Bonchev–Trinajstić information content (AvgIpc) is 2.62. The van der Waals surface area contributed by atoms with Crippen molar-refractivity contribution in [3.05, 3.63) is 42.2 Å². The zero-order valence-corrected chi connectivity index (χ0v) is 13.4. The Hall–Kier alpha value is -2.80. The molecule has 1 amide bonds. The number of rotatable bonds is 6. The van der Waals surface area contributed by atoms with E-state index in [2.05, 4.69) is 15.6 Å². The largest absolute Gasteiger partial charge is 0.486 e. The lowest BCUT2D eigenvalue weighted by atomic mass is 10.2. The summed E-state index contributed by atoms with van der Waals surface area (Å²) < 4.78 is 15.9. The number of pyridine rings is 1. The van der Waals surface area contributed by atoms with Crippen molar-refractivity contribution in [2.24, 2.45) is 0 Å². The number of methoxy groups -OCH3 is 1. The maximum atomic E-state index is 11.9. The van der Waals surface area contributed by atoms with Gasteiger partial charge >= 0.3 is 0 Å². The first-order valence-corrected chi connectivity index (χ1v) is 7.66. The van der Waals surface area contributed by atoms with Crippen molar-refractivity contribution in [2.75, 3.05) is 38.8 Å². The number of hydrogen-bond acceptors (Lipinski definition) is 6. The monoisotopic (exact) mass is 329 g/mol. The number of nitrogens with one attached hydrogen (secondary N) is 2. The molecule has 3 rings (SSSR count). The molecule has 1 aromatic carbocycles. The van der Waals surface area contributed by atoms with Gasteiger partial charge in [-0.1, -0.05) is 0 Å². The van der Waals surface area contributed by atoms with E-state index in [1.165, 1.54) is 0 Å². The molecule has 7 heteroatoms. The molecule has 0 radical (unpaired) electrons. The van der Waals surface area contributed by atoms with Crippen LogP contribution in [0.4, 0.5) is 11.4 Å². The van der Waals surface area contributed by atoms with Crippen LogP contribution < -0.4 is 20.1 Å². The number of carbonyl (C=O) groups is 1. The van der Waals surface area contributed by atoms with Gasteiger partial charge in [0.2, 0.25) is 0 Å². The van der Waals surface area contributed by atoms with Gasteiger partial charge in [0.1, 0.15) is 18.9 Å². The summed E-state index contributed by atoms with van der Waals surface area (Å²) in [4.78, 5) is 16.0. The molecule has 0 unspecified atom stereocenters. The van der Waals surface area contributed by atoms with Crippen molar-refractivity contribution in [2.45, 2.75) is 0 Å². The standard InChI is InChI=1S/C17H19N3O4/c1-22-7-6-18-17(21)14-4-2-13(11-19-14)20-12-3-5-15-16(10-12)24-9-8-23-15/h2-5,10-11,20H,6-9H2,1H3,(H,18,21). The summed E-state index contributed by atoms with van der Waals surface area (Å²) in [6.07, 6.45) is 1.61.